The number of hydrogen-bond acceptors (Lipinski definition) is 5. The lowest BCUT2D eigenvalue weighted by Gasteiger charge is -2.12. The zero-order valence-corrected chi connectivity index (χ0v) is 10.2. The first-order valence-corrected chi connectivity index (χ1v) is 6.46. The van der Waals surface area contributed by atoms with Gasteiger partial charge in [-0.25, -0.2) is 4.79 Å². The maximum atomic E-state index is 10.9. The Morgan fingerprint density at radius 2 is 2.19 bits per heavy atom. The zero-order valence-electron chi connectivity index (χ0n) is 9.39. The van der Waals surface area contributed by atoms with Crippen LogP contribution in [0.1, 0.15) is 6.42 Å². The number of hydrogen-bond donors (Lipinski definition) is 1. The van der Waals surface area contributed by atoms with Gasteiger partial charge in [-0.1, -0.05) is 5.92 Å². The minimum Gasteiger partial charge on any atom is -0.328 e. The molecule has 0 unspecified atom stereocenters. The number of nitrogens with one attached hydrogen (secondary N) is 1. The van der Waals surface area contributed by atoms with E-state index in [1.807, 2.05) is 11.9 Å². The largest absolute Gasteiger partial charge is 0.422 e. The zero-order chi connectivity index (χ0) is 12.6. The fourth-order valence-corrected chi connectivity index (χ4v) is 1.28. The summed E-state index contributed by atoms with van der Waals surface area (Å²) in [5.74, 6) is 2.48. The molecule has 0 aliphatic carbocycles. The summed E-state index contributed by atoms with van der Waals surface area (Å²) in [6.07, 6.45) is 5.62. The third-order valence-electron chi connectivity index (χ3n) is 1.57. The van der Waals surface area contributed by atoms with Crippen molar-refractivity contribution in [2.45, 2.75) is 6.42 Å². The molecule has 16 heavy (non-hydrogen) atoms. The third kappa shape index (κ3) is 9.30. The van der Waals surface area contributed by atoms with Crippen LogP contribution in [0.25, 0.3) is 0 Å². The van der Waals surface area contributed by atoms with Crippen molar-refractivity contribution in [1.82, 2.24) is 10.2 Å². The molecule has 0 atom stereocenters. The van der Waals surface area contributed by atoms with Crippen LogP contribution in [0.5, 0.6) is 0 Å². The van der Waals surface area contributed by atoms with Gasteiger partial charge in [0.05, 0.1) is 12.8 Å². The van der Waals surface area contributed by atoms with E-state index < -0.39 is 16.2 Å². The molecular formula is C9H16N2O4S. The second-order valence-corrected chi connectivity index (χ2v) is 4.87. The Morgan fingerprint density at radius 1 is 1.56 bits per heavy atom. The molecule has 0 saturated carbocycles. The van der Waals surface area contributed by atoms with E-state index in [9.17, 15) is 13.2 Å². The molecule has 0 bridgehead atoms. The molecule has 0 rings (SSSR count). The molecule has 0 aliphatic heterocycles. The first kappa shape index (κ1) is 14.7. The van der Waals surface area contributed by atoms with Crippen molar-refractivity contribution < 1.29 is 17.4 Å². The van der Waals surface area contributed by atoms with Gasteiger partial charge >= 0.3 is 16.2 Å². The van der Waals surface area contributed by atoms with Gasteiger partial charge in [0.1, 0.15) is 0 Å². The normalized spacial score (nSPS) is 10.9. The molecule has 0 aromatic carbocycles. The van der Waals surface area contributed by atoms with E-state index >= 15 is 0 Å². The van der Waals surface area contributed by atoms with Crippen LogP contribution >= 0.6 is 0 Å². The van der Waals surface area contributed by atoms with E-state index in [1.165, 1.54) is 0 Å². The van der Waals surface area contributed by atoms with Gasteiger partial charge in [-0.2, -0.15) is 8.42 Å². The molecule has 0 aromatic heterocycles. The molecule has 0 aliphatic rings. The van der Waals surface area contributed by atoms with Crippen LogP contribution < -0.4 is 5.32 Å². The average Bonchev–Trinajstić information content (AvgIpc) is 2.10. The highest BCUT2D eigenvalue weighted by molar-refractivity contribution is 7.86. The van der Waals surface area contributed by atoms with Crippen molar-refractivity contribution in [3.63, 3.8) is 0 Å². The Hall–Kier alpha value is -1.26. The predicted molar refractivity (Wildman–Crippen MR) is 60.3 cm³/mol. The molecule has 92 valence electrons. The molecule has 0 spiro atoms. The molecule has 0 radical (unpaired) electrons. The molecule has 6 nitrogen and oxygen atoms in total. The molecule has 0 saturated heterocycles. The van der Waals surface area contributed by atoms with Crippen LogP contribution in [0.2, 0.25) is 0 Å². The highest BCUT2D eigenvalue weighted by atomic mass is 32.2. The van der Waals surface area contributed by atoms with Crippen molar-refractivity contribution in [3.8, 4) is 12.3 Å². The predicted octanol–water partition coefficient (Wildman–Crippen LogP) is -0.373. The minimum atomic E-state index is -3.73. The lowest BCUT2D eigenvalue weighted by Crippen LogP contribution is -2.30. The summed E-state index contributed by atoms with van der Waals surface area (Å²) in [6.45, 7) is 1.58. The smallest absolute Gasteiger partial charge is 0.328 e. The Morgan fingerprint density at radius 3 is 2.69 bits per heavy atom. The van der Waals surface area contributed by atoms with Gasteiger partial charge in [-0.15, -0.1) is 6.42 Å². The van der Waals surface area contributed by atoms with Crippen molar-refractivity contribution in [2.24, 2.45) is 0 Å². The van der Waals surface area contributed by atoms with Crippen LogP contribution in [0.3, 0.4) is 0 Å². The first-order valence-electron chi connectivity index (χ1n) is 4.64. The SMILES string of the molecule is C#CCN(C)CCCNC(=O)OS(C)(=O)=O. The van der Waals surface area contributed by atoms with Crippen LogP contribution in [0.4, 0.5) is 4.79 Å². The number of nitrogens with zero attached hydrogens (tertiary/aromatic N) is 1. The lowest BCUT2D eigenvalue weighted by atomic mass is 10.4. The fraction of sp³-hybridized carbons (Fsp3) is 0.667. The van der Waals surface area contributed by atoms with Crippen LogP contribution in [-0.2, 0) is 14.3 Å². The summed E-state index contributed by atoms with van der Waals surface area (Å²) in [5.41, 5.74) is 0. The molecule has 7 heteroatoms. The van der Waals surface area contributed by atoms with Gasteiger partial charge in [0.2, 0.25) is 0 Å². The van der Waals surface area contributed by atoms with Crippen molar-refractivity contribution in [1.29, 1.82) is 0 Å². The van der Waals surface area contributed by atoms with E-state index in [4.69, 9.17) is 6.42 Å². The van der Waals surface area contributed by atoms with Crippen molar-refractivity contribution in [2.75, 3.05) is 32.9 Å². The van der Waals surface area contributed by atoms with E-state index in [0.29, 0.717) is 26.1 Å². The van der Waals surface area contributed by atoms with Crippen LogP contribution in [0.15, 0.2) is 0 Å². The van der Waals surface area contributed by atoms with Gasteiger partial charge in [0.15, 0.2) is 0 Å². The molecule has 0 aromatic rings. The molecule has 0 fully saturated rings. The quantitative estimate of drug-likeness (QED) is 0.394. The van der Waals surface area contributed by atoms with Gasteiger partial charge in [0.25, 0.3) is 0 Å². The topological polar surface area (TPSA) is 75.7 Å². The fourth-order valence-electron chi connectivity index (χ4n) is 0.941. The number of carbonyl (C=O) groups is 1. The molecule has 1 N–H and O–H groups in total. The Kier molecular flexibility index (Phi) is 6.53. The summed E-state index contributed by atoms with van der Waals surface area (Å²) in [6, 6.07) is 0. The van der Waals surface area contributed by atoms with Crippen molar-refractivity contribution in [3.05, 3.63) is 0 Å². The number of terminal acetylenes is 1. The third-order valence-corrected chi connectivity index (χ3v) is 2.03. The van der Waals surface area contributed by atoms with Crippen LogP contribution in [0, 0.1) is 12.3 Å². The second-order valence-electron chi connectivity index (χ2n) is 3.30. The first-order chi connectivity index (χ1) is 7.35. The lowest BCUT2D eigenvalue weighted by molar-refractivity contribution is 0.202. The van der Waals surface area contributed by atoms with Gasteiger partial charge in [-0.3, -0.25) is 4.90 Å². The van der Waals surface area contributed by atoms with Gasteiger partial charge in [0, 0.05) is 13.1 Å². The van der Waals surface area contributed by atoms with Crippen LogP contribution in [-0.4, -0.2) is 52.3 Å². The highest BCUT2D eigenvalue weighted by Gasteiger charge is 2.09. The second kappa shape index (κ2) is 7.09. The standard InChI is InChI=1S/C9H16N2O4S/c1-4-7-11(2)8-5-6-10-9(12)15-16(3,13)14/h1H,5-8H2,2-3H3,(H,10,12). The summed E-state index contributed by atoms with van der Waals surface area (Å²) in [4.78, 5) is 12.8. The number of carbonyl (C=O) groups excluding carboxylic acids is 1. The minimum absolute atomic E-state index is 0.337. The summed E-state index contributed by atoms with van der Waals surface area (Å²) < 4.78 is 25.2. The van der Waals surface area contributed by atoms with E-state index in [1.54, 1.807) is 0 Å². The summed E-state index contributed by atoms with van der Waals surface area (Å²) in [5, 5.41) is 2.32. The average molecular weight is 248 g/mol. The number of amides is 1. The van der Waals surface area contributed by atoms with Crippen molar-refractivity contribution >= 4 is 16.2 Å². The molecule has 0 heterocycles. The highest BCUT2D eigenvalue weighted by Crippen LogP contribution is 1.89. The Balaban J connectivity index is 3.61. The maximum absolute atomic E-state index is 10.9. The summed E-state index contributed by atoms with van der Waals surface area (Å²) >= 11 is 0. The van der Waals surface area contributed by atoms with E-state index in [0.717, 1.165) is 6.26 Å². The Labute approximate surface area is 96.1 Å². The molecule has 1 amide bonds. The number of rotatable bonds is 6. The van der Waals surface area contributed by atoms with E-state index in [2.05, 4.69) is 15.4 Å². The van der Waals surface area contributed by atoms with Gasteiger partial charge in [-0.05, 0) is 13.5 Å². The molecular weight excluding hydrogens is 232 g/mol. The monoisotopic (exact) mass is 248 g/mol. The summed E-state index contributed by atoms with van der Waals surface area (Å²) in [7, 11) is -1.88. The Bertz CT molecular complexity index is 358. The van der Waals surface area contributed by atoms with Gasteiger partial charge < -0.3 is 9.50 Å². The van der Waals surface area contributed by atoms with E-state index in [-0.39, 0.29) is 0 Å². The maximum Gasteiger partial charge on any atom is 0.422 e.